The van der Waals surface area contributed by atoms with Gasteiger partial charge in [0.2, 0.25) is 0 Å². The van der Waals surface area contributed by atoms with Crippen LogP contribution in [0.4, 0.5) is 5.69 Å². The molecule has 0 spiro atoms. The zero-order valence-electron chi connectivity index (χ0n) is 14.0. The summed E-state index contributed by atoms with van der Waals surface area (Å²) in [4.78, 5) is 11.8. The molecule has 126 valence electrons. The van der Waals surface area contributed by atoms with Crippen molar-refractivity contribution in [3.8, 4) is 11.5 Å². The second-order valence-corrected chi connectivity index (χ2v) is 5.40. The Hall–Kier alpha value is -3.02. The molecule has 2 rings (SSSR count). The van der Waals surface area contributed by atoms with E-state index in [0.717, 1.165) is 11.3 Å². The number of methoxy groups -OCH3 is 1. The summed E-state index contributed by atoms with van der Waals surface area (Å²) in [6.45, 7) is 4.14. The van der Waals surface area contributed by atoms with Crippen molar-refractivity contribution in [2.75, 3.05) is 19.0 Å². The van der Waals surface area contributed by atoms with Gasteiger partial charge in [0, 0.05) is 5.69 Å². The van der Waals surface area contributed by atoms with Crippen LogP contribution in [0.3, 0.4) is 0 Å². The van der Waals surface area contributed by atoms with E-state index in [9.17, 15) is 9.90 Å². The molecule has 1 amide bonds. The van der Waals surface area contributed by atoms with E-state index in [0.29, 0.717) is 11.3 Å². The van der Waals surface area contributed by atoms with E-state index in [1.54, 1.807) is 12.1 Å². The van der Waals surface area contributed by atoms with Crippen LogP contribution >= 0.6 is 0 Å². The number of hydrogen-bond acceptors (Lipinski definition) is 5. The maximum Gasteiger partial charge on any atom is 0.259 e. The van der Waals surface area contributed by atoms with Crippen LogP contribution in [-0.2, 0) is 4.79 Å². The van der Waals surface area contributed by atoms with Crippen LogP contribution in [0.25, 0.3) is 0 Å². The van der Waals surface area contributed by atoms with Gasteiger partial charge in [0.1, 0.15) is 0 Å². The molecule has 6 nitrogen and oxygen atoms in total. The first kappa shape index (κ1) is 17.3. The lowest BCUT2D eigenvalue weighted by Crippen LogP contribution is -2.26. The second kappa shape index (κ2) is 8.01. The molecule has 0 radical (unpaired) electrons. The van der Waals surface area contributed by atoms with Gasteiger partial charge in [-0.2, -0.15) is 5.10 Å². The number of carbonyl (C=O) groups excluding carboxylic acids is 1. The molecular formula is C18H21N3O3. The number of benzene rings is 2. The highest BCUT2D eigenvalue weighted by Gasteiger charge is 2.03. The molecule has 0 aliphatic rings. The maximum absolute atomic E-state index is 11.8. The molecule has 0 aliphatic heterocycles. The summed E-state index contributed by atoms with van der Waals surface area (Å²) in [6, 6.07) is 10.8. The summed E-state index contributed by atoms with van der Waals surface area (Å²) in [5.74, 6) is 0.148. The molecule has 24 heavy (non-hydrogen) atoms. The normalized spacial score (nSPS) is 10.6. The van der Waals surface area contributed by atoms with Gasteiger partial charge < -0.3 is 15.2 Å². The second-order valence-electron chi connectivity index (χ2n) is 5.40. The Balaban J connectivity index is 1.86. The van der Waals surface area contributed by atoms with E-state index >= 15 is 0 Å². The Morgan fingerprint density at radius 2 is 2.04 bits per heavy atom. The standard InChI is InChI=1S/C18H21N3O3/c1-12-4-6-15(13(2)8-12)19-11-18(23)21-20-10-14-5-7-16(22)17(9-14)24-3/h4-10,19,22H,11H2,1-3H3,(H,21,23)/b20-10+. The first-order valence-electron chi connectivity index (χ1n) is 7.49. The molecule has 0 aromatic heterocycles. The van der Waals surface area contributed by atoms with E-state index in [4.69, 9.17) is 4.74 Å². The summed E-state index contributed by atoms with van der Waals surface area (Å²) >= 11 is 0. The minimum atomic E-state index is -0.253. The van der Waals surface area contributed by atoms with Gasteiger partial charge in [0.15, 0.2) is 11.5 Å². The van der Waals surface area contributed by atoms with Crippen LogP contribution in [-0.4, -0.2) is 30.9 Å². The molecule has 0 aliphatic carbocycles. The highest BCUT2D eigenvalue weighted by atomic mass is 16.5. The topological polar surface area (TPSA) is 83.0 Å². The van der Waals surface area contributed by atoms with Crippen LogP contribution < -0.4 is 15.5 Å². The van der Waals surface area contributed by atoms with E-state index in [-0.39, 0.29) is 18.2 Å². The molecule has 2 aromatic rings. The minimum Gasteiger partial charge on any atom is -0.504 e. The smallest absolute Gasteiger partial charge is 0.259 e. The van der Waals surface area contributed by atoms with Crippen LogP contribution in [0.5, 0.6) is 11.5 Å². The van der Waals surface area contributed by atoms with Gasteiger partial charge in [0.05, 0.1) is 19.9 Å². The SMILES string of the molecule is COc1cc(/C=N/NC(=O)CNc2ccc(C)cc2C)ccc1O. The number of phenolic OH excluding ortho intramolecular Hbond substituents is 1. The van der Waals surface area contributed by atoms with Gasteiger partial charge in [-0.15, -0.1) is 0 Å². The first-order valence-corrected chi connectivity index (χ1v) is 7.49. The summed E-state index contributed by atoms with van der Waals surface area (Å²) in [7, 11) is 1.47. The van der Waals surface area contributed by atoms with Crippen LogP contribution in [0.2, 0.25) is 0 Å². The van der Waals surface area contributed by atoms with Gasteiger partial charge in [-0.05, 0) is 49.2 Å². The highest BCUT2D eigenvalue weighted by molar-refractivity contribution is 5.85. The van der Waals surface area contributed by atoms with Gasteiger partial charge in [0.25, 0.3) is 5.91 Å². The Morgan fingerprint density at radius 3 is 2.75 bits per heavy atom. The summed E-state index contributed by atoms with van der Waals surface area (Å²) in [5.41, 5.74) is 6.33. The fraction of sp³-hybridized carbons (Fsp3) is 0.222. The lowest BCUT2D eigenvalue weighted by molar-refractivity contribution is -0.119. The number of anilines is 1. The third-order valence-corrected chi connectivity index (χ3v) is 3.43. The quantitative estimate of drug-likeness (QED) is 0.562. The lowest BCUT2D eigenvalue weighted by Gasteiger charge is -2.09. The van der Waals surface area contributed by atoms with Crippen molar-refractivity contribution in [3.63, 3.8) is 0 Å². The van der Waals surface area contributed by atoms with Crippen molar-refractivity contribution < 1.29 is 14.6 Å². The average Bonchev–Trinajstić information content (AvgIpc) is 2.55. The zero-order chi connectivity index (χ0) is 17.5. The number of hydrazone groups is 1. The van der Waals surface area contributed by atoms with Crippen molar-refractivity contribution >= 4 is 17.8 Å². The number of phenols is 1. The van der Waals surface area contributed by atoms with Gasteiger partial charge in [-0.25, -0.2) is 5.43 Å². The van der Waals surface area contributed by atoms with Crippen molar-refractivity contribution in [2.24, 2.45) is 5.10 Å². The number of aryl methyl sites for hydroxylation is 2. The molecule has 0 saturated heterocycles. The number of hydrogen-bond donors (Lipinski definition) is 3. The third kappa shape index (κ3) is 4.74. The van der Waals surface area contributed by atoms with E-state index < -0.39 is 0 Å². The molecule has 0 heterocycles. The fourth-order valence-electron chi connectivity index (χ4n) is 2.18. The van der Waals surface area contributed by atoms with E-state index in [2.05, 4.69) is 21.9 Å². The predicted octanol–water partition coefficient (Wildman–Crippen LogP) is 2.58. The molecule has 0 fully saturated rings. The molecule has 2 aromatic carbocycles. The first-order chi connectivity index (χ1) is 11.5. The summed E-state index contributed by atoms with van der Waals surface area (Å²) < 4.78 is 5.01. The number of nitrogens with one attached hydrogen (secondary N) is 2. The lowest BCUT2D eigenvalue weighted by atomic mass is 10.1. The molecule has 0 saturated carbocycles. The van der Waals surface area contributed by atoms with Crippen molar-refractivity contribution in [1.82, 2.24) is 5.43 Å². The summed E-state index contributed by atoms with van der Waals surface area (Å²) in [5, 5.41) is 16.5. The van der Waals surface area contributed by atoms with E-state index in [1.807, 2.05) is 26.0 Å². The third-order valence-electron chi connectivity index (χ3n) is 3.43. The monoisotopic (exact) mass is 327 g/mol. The highest BCUT2D eigenvalue weighted by Crippen LogP contribution is 2.25. The fourth-order valence-corrected chi connectivity index (χ4v) is 2.18. The van der Waals surface area contributed by atoms with Crippen molar-refractivity contribution in [1.29, 1.82) is 0 Å². The van der Waals surface area contributed by atoms with Crippen molar-refractivity contribution in [3.05, 3.63) is 53.1 Å². The Bertz CT molecular complexity index is 757. The predicted molar refractivity (Wildman–Crippen MR) is 94.8 cm³/mol. The zero-order valence-corrected chi connectivity index (χ0v) is 14.0. The Labute approximate surface area is 141 Å². The molecule has 0 atom stereocenters. The van der Waals surface area contributed by atoms with Gasteiger partial charge >= 0.3 is 0 Å². The maximum atomic E-state index is 11.8. The number of ether oxygens (including phenoxy) is 1. The number of amides is 1. The van der Waals surface area contributed by atoms with Crippen LogP contribution in [0.15, 0.2) is 41.5 Å². The van der Waals surface area contributed by atoms with Crippen LogP contribution in [0.1, 0.15) is 16.7 Å². The average molecular weight is 327 g/mol. The molecule has 0 unspecified atom stereocenters. The Morgan fingerprint density at radius 1 is 1.25 bits per heavy atom. The number of aromatic hydroxyl groups is 1. The van der Waals surface area contributed by atoms with Gasteiger partial charge in [-0.3, -0.25) is 4.79 Å². The largest absolute Gasteiger partial charge is 0.504 e. The number of rotatable bonds is 6. The number of carbonyl (C=O) groups is 1. The molecule has 3 N–H and O–H groups in total. The molecular weight excluding hydrogens is 306 g/mol. The van der Waals surface area contributed by atoms with Crippen LogP contribution in [0, 0.1) is 13.8 Å². The van der Waals surface area contributed by atoms with E-state index in [1.165, 1.54) is 25.0 Å². The summed E-state index contributed by atoms with van der Waals surface area (Å²) in [6.07, 6.45) is 1.48. The Kier molecular flexibility index (Phi) is 5.78. The minimum absolute atomic E-state index is 0.0522. The number of nitrogens with zero attached hydrogens (tertiary/aromatic N) is 1. The van der Waals surface area contributed by atoms with Gasteiger partial charge in [-0.1, -0.05) is 17.7 Å². The molecule has 0 bridgehead atoms. The van der Waals surface area contributed by atoms with Crippen molar-refractivity contribution in [2.45, 2.75) is 13.8 Å². The molecule has 6 heteroatoms.